The molecule has 1 saturated heterocycles. The highest BCUT2D eigenvalue weighted by molar-refractivity contribution is 9.10. The molecule has 0 spiro atoms. The van der Waals surface area contributed by atoms with E-state index in [-0.39, 0.29) is 0 Å². The van der Waals surface area contributed by atoms with Crippen molar-refractivity contribution in [3.8, 4) is 0 Å². The molecular formula is C12H18BrNS. The molecule has 0 aromatic carbocycles. The zero-order chi connectivity index (χ0) is 10.9. The van der Waals surface area contributed by atoms with Crippen molar-refractivity contribution >= 4 is 27.3 Å². The summed E-state index contributed by atoms with van der Waals surface area (Å²) in [5.41, 5.74) is 0.633. The largest absolute Gasteiger partial charge is 0.297 e. The number of thiophene rings is 1. The summed E-state index contributed by atoms with van der Waals surface area (Å²) in [7, 11) is 0. The number of hydrogen-bond donors (Lipinski definition) is 0. The average Bonchev–Trinajstić information content (AvgIpc) is 2.57. The lowest BCUT2D eigenvalue weighted by Crippen LogP contribution is -2.54. The molecule has 2 heterocycles. The maximum absolute atomic E-state index is 3.50. The van der Waals surface area contributed by atoms with Crippen molar-refractivity contribution in [1.82, 2.24) is 4.90 Å². The van der Waals surface area contributed by atoms with Gasteiger partial charge in [-0.1, -0.05) is 13.8 Å². The van der Waals surface area contributed by atoms with Gasteiger partial charge in [-0.15, -0.1) is 11.3 Å². The molecule has 0 N–H and O–H groups in total. The monoisotopic (exact) mass is 287 g/mol. The smallest absolute Gasteiger partial charge is 0.0328 e. The van der Waals surface area contributed by atoms with Gasteiger partial charge < -0.3 is 0 Å². The van der Waals surface area contributed by atoms with E-state index in [4.69, 9.17) is 0 Å². The summed E-state index contributed by atoms with van der Waals surface area (Å²) in [5.74, 6) is 0. The second-order valence-electron chi connectivity index (χ2n) is 4.58. The molecule has 84 valence electrons. The Kier molecular flexibility index (Phi) is 3.53. The SMILES string of the molecule is CCC1(CC)CN(Cc2cc(Br)cs2)C1. The zero-order valence-corrected chi connectivity index (χ0v) is 11.8. The summed E-state index contributed by atoms with van der Waals surface area (Å²) in [6.07, 6.45) is 2.66. The maximum atomic E-state index is 3.50. The molecule has 0 aliphatic carbocycles. The van der Waals surface area contributed by atoms with Crippen LogP contribution in [-0.4, -0.2) is 18.0 Å². The van der Waals surface area contributed by atoms with Crippen molar-refractivity contribution in [3.63, 3.8) is 0 Å². The molecule has 1 fully saturated rings. The summed E-state index contributed by atoms with van der Waals surface area (Å²) in [6.45, 7) is 8.36. The Balaban J connectivity index is 1.85. The van der Waals surface area contributed by atoms with Gasteiger partial charge in [-0.2, -0.15) is 0 Å². The molecule has 3 heteroatoms. The van der Waals surface area contributed by atoms with E-state index in [9.17, 15) is 0 Å². The molecular weight excluding hydrogens is 270 g/mol. The number of hydrogen-bond acceptors (Lipinski definition) is 2. The van der Waals surface area contributed by atoms with Gasteiger partial charge in [-0.05, 0) is 40.3 Å². The fourth-order valence-corrected chi connectivity index (χ4v) is 3.86. The lowest BCUT2D eigenvalue weighted by Gasteiger charge is -2.49. The van der Waals surface area contributed by atoms with Crippen molar-refractivity contribution < 1.29 is 0 Å². The number of rotatable bonds is 4. The summed E-state index contributed by atoms with van der Waals surface area (Å²) >= 11 is 5.36. The van der Waals surface area contributed by atoms with E-state index in [0.717, 1.165) is 6.54 Å². The minimum absolute atomic E-state index is 0.633. The molecule has 0 atom stereocenters. The van der Waals surface area contributed by atoms with E-state index in [1.807, 2.05) is 11.3 Å². The van der Waals surface area contributed by atoms with Crippen LogP contribution in [0.1, 0.15) is 31.6 Å². The van der Waals surface area contributed by atoms with Crippen LogP contribution in [0.2, 0.25) is 0 Å². The molecule has 1 nitrogen and oxygen atoms in total. The van der Waals surface area contributed by atoms with Gasteiger partial charge in [0.05, 0.1) is 0 Å². The molecule has 2 rings (SSSR count). The van der Waals surface area contributed by atoms with E-state index in [1.54, 1.807) is 0 Å². The molecule has 0 amide bonds. The van der Waals surface area contributed by atoms with Gasteiger partial charge in [0.1, 0.15) is 0 Å². The minimum atomic E-state index is 0.633. The summed E-state index contributed by atoms with van der Waals surface area (Å²) in [6, 6.07) is 2.24. The molecule has 1 aliphatic rings. The Bertz CT molecular complexity index is 322. The maximum Gasteiger partial charge on any atom is 0.0328 e. The Hall–Kier alpha value is 0.140. The second kappa shape index (κ2) is 4.56. The van der Waals surface area contributed by atoms with Crippen LogP contribution in [0.3, 0.4) is 0 Å². The highest BCUT2D eigenvalue weighted by atomic mass is 79.9. The molecule has 0 unspecified atom stereocenters. The second-order valence-corrected chi connectivity index (χ2v) is 6.49. The highest BCUT2D eigenvalue weighted by Gasteiger charge is 2.39. The lowest BCUT2D eigenvalue weighted by atomic mass is 9.75. The van der Waals surface area contributed by atoms with Crippen LogP contribution < -0.4 is 0 Å². The summed E-state index contributed by atoms with van der Waals surface area (Å²) < 4.78 is 1.22. The zero-order valence-electron chi connectivity index (χ0n) is 9.42. The van der Waals surface area contributed by atoms with Gasteiger partial charge in [0.25, 0.3) is 0 Å². The first-order valence-corrected chi connectivity index (χ1v) is 7.30. The fraction of sp³-hybridized carbons (Fsp3) is 0.667. The van der Waals surface area contributed by atoms with Gasteiger partial charge in [0, 0.05) is 34.4 Å². The molecule has 1 aromatic heterocycles. The Morgan fingerprint density at radius 2 is 2.07 bits per heavy atom. The van der Waals surface area contributed by atoms with E-state index < -0.39 is 0 Å². The molecule has 0 saturated carbocycles. The Labute approximate surface area is 105 Å². The van der Waals surface area contributed by atoms with Crippen molar-refractivity contribution in [2.75, 3.05) is 13.1 Å². The number of nitrogens with zero attached hydrogens (tertiary/aromatic N) is 1. The van der Waals surface area contributed by atoms with E-state index in [0.29, 0.717) is 5.41 Å². The molecule has 1 aromatic rings. The van der Waals surface area contributed by atoms with Crippen LogP contribution in [0, 0.1) is 5.41 Å². The summed E-state index contributed by atoms with van der Waals surface area (Å²) in [4.78, 5) is 4.04. The van der Waals surface area contributed by atoms with Crippen LogP contribution in [0.25, 0.3) is 0 Å². The van der Waals surface area contributed by atoms with Crippen molar-refractivity contribution in [2.24, 2.45) is 5.41 Å². The van der Waals surface area contributed by atoms with Crippen LogP contribution in [0.4, 0.5) is 0 Å². The third-order valence-electron chi connectivity index (χ3n) is 3.62. The average molecular weight is 288 g/mol. The van der Waals surface area contributed by atoms with Crippen molar-refractivity contribution in [2.45, 2.75) is 33.2 Å². The quantitative estimate of drug-likeness (QED) is 0.805. The third kappa shape index (κ3) is 2.45. The molecule has 0 bridgehead atoms. The minimum Gasteiger partial charge on any atom is -0.297 e. The first-order chi connectivity index (χ1) is 7.17. The van der Waals surface area contributed by atoms with Gasteiger partial charge >= 0.3 is 0 Å². The van der Waals surface area contributed by atoms with E-state index in [2.05, 4.69) is 46.1 Å². The number of likely N-dealkylation sites (tertiary alicyclic amines) is 1. The van der Waals surface area contributed by atoms with Gasteiger partial charge in [0.15, 0.2) is 0 Å². The van der Waals surface area contributed by atoms with Crippen molar-refractivity contribution in [1.29, 1.82) is 0 Å². The number of halogens is 1. The van der Waals surface area contributed by atoms with Crippen LogP contribution in [-0.2, 0) is 6.54 Å². The first kappa shape index (κ1) is 11.6. The van der Waals surface area contributed by atoms with Crippen molar-refractivity contribution in [3.05, 3.63) is 20.8 Å². The molecule has 0 radical (unpaired) electrons. The van der Waals surface area contributed by atoms with Gasteiger partial charge in [-0.25, -0.2) is 0 Å². The highest BCUT2D eigenvalue weighted by Crippen LogP contribution is 2.38. The normalized spacial score (nSPS) is 20.2. The van der Waals surface area contributed by atoms with E-state index >= 15 is 0 Å². The van der Waals surface area contributed by atoms with Crippen LogP contribution in [0.5, 0.6) is 0 Å². The standard InChI is InChI=1S/C12H18BrNS/c1-3-12(4-2)8-14(9-12)6-11-5-10(13)7-15-11/h5,7H,3-4,6,8-9H2,1-2H3. The topological polar surface area (TPSA) is 3.24 Å². The van der Waals surface area contributed by atoms with Gasteiger partial charge in [0.2, 0.25) is 0 Å². The van der Waals surface area contributed by atoms with E-state index in [1.165, 1.54) is 35.3 Å². The summed E-state index contributed by atoms with van der Waals surface area (Å²) in [5, 5.41) is 2.17. The van der Waals surface area contributed by atoms with Gasteiger partial charge in [-0.3, -0.25) is 4.90 Å². The van der Waals surface area contributed by atoms with Crippen LogP contribution >= 0.6 is 27.3 Å². The predicted octanol–water partition coefficient (Wildman–Crippen LogP) is 4.13. The first-order valence-electron chi connectivity index (χ1n) is 5.63. The third-order valence-corrected chi connectivity index (χ3v) is 5.30. The lowest BCUT2D eigenvalue weighted by molar-refractivity contribution is -0.0113. The Morgan fingerprint density at radius 3 is 2.53 bits per heavy atom. The molecule has 15 heavy (non-hydrogen) atoms. The predicted molar refractivity (Wildman–Crippen MR) is 70.3 cm³/mol. The fourth-order valence-electron chi connectivity index (χ4n) is 2.37. The molecule has 1 aliphatic heterocycles. The Morgan fingerprint density at radius 1 is 1.40 bits per heavy atom. The van der Waals surface area contributed by atoms with Crippen LogP contribution in [0.15, 0.2) is 15.9 Å².